The molecule has 3 nitrogen and oxygen atoms in total. The number of aryl methyl sites for hydroxylation is 2. The van der Waals surface area contributed by atoms with Gasteiger partial charge in [0.2, 0.25) is 5.91 Å². The van der Waals surface area contributed by atoms with Crippen molar-refractivity contribution in [3.8, 4) is 0 Å². The van der Waals surface area contributed by atoms with E-state index < -0.39 is 0 Å². The smallest absolute Gasteiger partial charge is 0.237 e. The fourth-order valence-corrected chi connectivity index (χ4v) is 3.88. The molecule has 2 heterocycles. The molecule has 4 heteroatoms. The largest absolute Gasteiger partial charge is 0.350 e. The Bertz CT molecular complexity index is 400. The van der Waals surface area contributed by atoms with Crippen molar-refractivity contribution in [2.24, 2.45) is 0 Å². The van der Waals surface area contributed by atoms with Crippen LogP contribution in [0.4, 0.5) is 0 Å². The third kappa shape index (κ3) is 2.38. The summed E-state index contributed by atoms with van der Waals surface area (Å²) < 4.78 is 0. The average Bonchev–Trinajstić information content (AvgIpc) is 3.01. The van der Waals surface area contributed by atoms with Gasteiger partial charge in [0.1, 0.15) is 0 Å². The highest BCUT2D eigenvalue weighted by Gasteiger charge is 2.22. The van der Waals surface area contributed by atoms with Gasteiger partial charge in [-0.1, -0.05) is 0 Å². The zero-order valence-electron chi connectivity index (χ0n) is 9.92. The van der Waals surface area contributed by atoms with E-state index in [0.29, 0.717) is 6.54 Å². The monoisotopic (exact) mass is 250 g/mol. The summed E-state index contributed by atoms with van der Waals surface area (Å²) in [5.74, 6) is 0.163. The first-order valence-corrected chi connectivity index (χ1v) is 7.26. The van der Waals surface area contributed by atoms with Crippen LogP contribution in [0.2, 0.25) is 0 Å². The molecule has 0 aromatic carbocycles. The van der Waals surface area contributed by atoms with E-state index in [-0.39, 0.29) is 11.9 Å². The van der Waals surface area contributed by atoms with Crippen molar-refractivity contribution in [3.63, 3.8) is 0 Å². The first-order chi connectivity index (χ1) is 8.33. The molecule has 1 aliphatic carbocycles. The molecule has 0 spiro atoms. The van der Waals surface area contributed by atoms with E-state index in [2.05, 4.69) is 16.7 Å². The van der Waals surface area contributed by atoms with Crippen molar-refractivity contribution < 1.29 is 4.79 Å². The van der Waals surface area contributed by atoms with Crippen molar-refractivity contribution in [1.29, 1.82) is 0 Å². The Morgan fingerprint density at radius 3 is 3.18 bits per heavy atom. The Morgan fingerprint density at radius 2 is 2.41 bits per heavy atom. The van der Waals surface area contributed by atoms with Gasteiger partial charge < -0.3 is 10.6 Å². The molecule has 1 fully saturated rings. The number of hydrogen-bond donors (Lipinski definition) is 2. The molecule has 1 amide bonds. The quantitative estimate of drug-likeness (QED) is 0.855. The predicted octanol–water partition coefficient (Wildman–Crippen LogP) is 1.60. The van der Waals surface area contributed by atoms with Crippen LogP contribution in [-0.2, 0) is 24.2 Å². The Hall–Kier alpha value is -0.870. The first-order valence-electron chi connectivity index (χ1n) is 6.44. The van der Waals surface area contributed by atoms with Crippen LogP contribution in [0.3, 0.4) is 0 Å². The number of fused-ring (bicyclic) bond motifs is 1. The number of carbonyl (C=O) groups is 1. The second-order valence-corrected chi connectivity index (χ2v) is 6.10. The maximum atomic E-state index is 11.8. The lowest BCUT2D eigenvalue weighted by molar-refractivity contribution is -0.122. The lowest BCUT2D eigenvalue weighted by atomic mass is 10.2. The van der Waals surface area contributed by atoms with Gasteiger partial charge in [0.05, 0.1) is 12.6 Å². The van der Waals surface area contributed by atoms with E-state index in [1.807, 2.05) is 11.3 Å². The van der Waals surface area contributed by atoms with E-state index in [0.717, 1.165) is 19.4 Å². The maximum Gasteiger partial charge on any atom is 0.237 e. The molecule has 0 bridgehead atoms. The molecule has 1 atom stereocenters. The van der Waals surface area contributed by atoms with Crippen molar-refractivity contribution >= 4 is 17.2 Å². The maximum absolute atomic E-state index is 11.8. The number of amides is 1. The molecule has 2 aliphatic rings. The summed E-state index contributed by atoms with van der Waals surface area (Å²) in [6.45, 7) is 1.68. The van der Waals surface area contributed by atoms with Gasteiger partial charge >= 0.3 is 0 Å². The lowest BCUT2D eigenvalue weighted by Crippen LogP contribution is -2.39. The molecular formula is C13H18N2OS. The van der Waals surface area contributed by atoms with E-state index in [4.69, 9.17) is 0 Å². The topological polar surface area (TPSA) is 41.1 Å². The van der Waals surface area contributed by atoms with Crippen molar-refractivity contribution in [1.82, 2.24) is 10.6 Å². The Balaban J connectivity index is 1.54. The minimum absolute atomic E-state index is 0.0433. The van der Waals surface area contributed by atoms with Gasteiger partial charge in [-0.15, -0.1) is 11.3 Å². The van der Waals surface area contributed by atoms with Crippen LogP contribution in [0.5, 0.6) is 0 Å². The number of thiophene rings is 1. The summed E-state index contributed by atoms with van der Waals surface area (Å²) >= 11 is 1.87. The van der Waals surface area contributed by atoms with Gasteiger partial charge in [-0.3, -0.25) is 4.79 Å². The van der Waals surface area contributed by atoms with E-state index in [1.54, 1.807) is 0 Å². The van der Waals surface area contributed by atoms with E-state index in [1.165, 1.54) is 34.6 Å². The van der Waals surface area contributed by atoms with Crippen LogP contribution in [0, 0.1) is 0 Å². The van der Waals surface area contributed by atoms with Crippen molar-refractivity contribution in [2.75, 3.05) is 6.54 Å². The zero-order chi connectivity index (χ0) is 11.7. The Kier molecular flexibility index (Phi) is 3.16. The van der Waals surface area contributed by atoms with Crippen LogP contribution >= 0.6 is 11.3 Å². The van der Waals surface area contributed by atoms with Gasteiger partial charge in [-0.2, -0.15) is 0 Å². The molecule has 1 saturated heterocycles. The zero-order valence-corrected chi connectivity index (χ0v) is 10.7. The molecule has 17 heavy (non-hydrogen) atoms. The summed E-state index contributed by atoms with van der Waals surface area (Å²) in [6, 6.07) is 2.32. The lowest BCUT2D eigenvalue weighted by Gasteiger charge is -2.09. The Morgan fingerprint density at radius 1 is 1.47 bits per heavy atom. The van der Waals surface area contributed by atoms with E-state index in [9.17, 15) is 4.79 Å². The van der Waals surface area contributed by atoms with Crippen LogP contribution in [-0.4, -0.2) is 18.5 Å². The molecule has 1 aromatic heterocycles. The second-order valence-electron chi connectivity index (χ2n) is 4.88. The summed E-state index contributed by atoms with van der Waals surface area (Å²) in [4.78, 5) is 14.7. The Labute approximate surface area is 106 Å². The molecule has 3 rings (SSSR count). The number of rotatable bonds is 3. The molecule has 0 radical (unpaired) electrons. The van der Waals surface area contributed by atoms with Gasteiger partial charge in [-0.05, 0) is 50.3 Å². The average molecular weight is 250 g/mol. The standard InChI is InChI=1S/C13H18N2OS/c16-13(11-4-2-6-14-11)15-8-10-7-9-3-1-5-12(9)17-10/h7,11,14H,1-6,8H2,(H,15,16)/t11-/m0/s1. The van der Waals surface area contributed by atoms with Gasteiger partial charge in [-0.25, -0.2) is 0 Å². The number of carbonyl (C=O) groups excluding carboxylic acids is 1. The highest BCUT2D eigenvalue weighted by atomic mass is 32.1. The van der Waals surface area contributed by atoms with Crippen LogP contribution < -0.4 is 10.6 Å². The number of hydrogen-bond acceptors (Lipinski definition) is 3. The third-order valence-corrected chi connectivity index (χ3v) is 4.85. The normalized spacial score (nSPS) is 22.7. The molecular weight excluding hydrogens is 232 g/mol. The molecule has 1 aliphatic heterocycles. The summed E-state index contributed by atoms with van der Waals surface area (Å²) in [7, 11) is 0. The van der Waals surface area contributed by atoms with Crippen molar-refractivity contribution in [3.05, 3.63) is 21.4 Å². The minimum atomic E-state index is 0.0433. The fraction of sp³-hybridized carbons (Fsp3) is 0.615. The summed E-state index contributed by atoms with van der Waals surface area (Å²) in [6.07, 6.45) is 5.86. The fourth-order valence-electron chi connectivity index (χ4n) is 2.68. The predicted molar refractivity (Wildman–Crippen MR) is 69.2 cm³/mol. The molecule has 0 saturated carbocycles. The van der Waals surface area contributed by atoms with E-state index >= 15 is 0 Å². The highest BCUT2D eigenvalue weighted by Crippen LogP contribution is 2.30. The van der Waals surface area contributed by atoms with Gasteiger partial charge in [0, 0.05) is 9.75 Å². The molecule has 92 valence electrons. The minimum Gasteiger partial charge on any atom is -0.350 e. The number of nitrogens with one attached hydrogen (secondary N) is 2. The highest BCUT2D eigenvalue weighted by molar-refractivity contribution is 7.12. The summed E-state index contributed by atoms with van der Waals surface area (Å²) in [5, 5.41) is 6.26. The van der Waals surface area contributed by atoms with Crippen molar-refractivity contribution in [2.45, 2.75) is 44.7 Å². The van der Waals surface area contributed by atoms with Gasteiger partial charge in [0.25, 0.3) is 0 Å². The second kappa shape index (κ2) is 4.78. The first kappa shape index (κ1) is 11.2. The molecule has 1 aromatic rings. The van der Waals surface area contributed by atoms with Crippen LogP contribution in [0.15, 0.2) is 6.07 Å². The van der Waals surface area contributed by atoms with Crippen LogP contribution in [0.25, 0.3) is 0 Å². The third-order valence-electron chi connectivity index (χ3n) is 3.61. The molecule has 2 N–H and O–H groups in total. The van der Waals surface area contributed by atoms with Gasteiger partial charge in [0.15, 0.2) is 0 Å². The SMILES string of the molecule is O=C(NCc1cc2c(s1)CCC2)[C@@H]1CCCN1. The summed E-state index contributed by atoms with van der Waals surface area (Å²) in [5.41, 5.74) is 1.51. The molecule has 0 unspecified atom stereocenters. The van der Waals surface area contributed by atoms with Crippen LogP contribution in [0.1, 0.15) is 34.6 Å².